The van der Waals surface area contributed by atoms with E-state index in [4.69, 9.17) is 23.1 Å². The van der Waals surface area contributed by atoms with E-state index < -0.39 is 35.5 Å². The number of halogens is 4. The molecule has 0 aliphatic rings. The number of carbonyl (C=O) groups is 1. The van der Waals surface area contributed by atoms with Gasteiger partial charge in [0.2, 0.25) is 0 Å². The van der Waals surface area contributed by atoms with E-state index in [-0.39, 0.29) is 39.6 Å². The van der Waals surface area contributed by atoms with E-state index in [0.29, 0.717) is 11.6 Å². The zero-order valence-corrected chi connectivity index (χ0v) is 18.4. The van der Waals surface area contributed by atoms with E-state index in [1.54, 1.807) is 0 Å². The quantitative estimate of drug-likeness (QED) is 0.327. The van der Waals surface area contributed by atoms with Crippen molar-refractivity contribution in [3.63, 3.8) is 0 Å². The molecule has 0 bridgehead atoms. The van der Waals surface area contributed by atoms with Gasteiger partial charge in [-0.3, -0.25) is 4.90 Å². The summed E-state index contributed by atoms with van der Waals surface area (Å²) in [6, 6.07) is 4.49. The highest BCUT2D eigenvalue weighted by Crippen LogP contribution is 2.30. The number of amides is 1. The van der Waals surface area contributed by atoms with Crippen LogP contribution in [0, 0.1) is 17.5 Å². The topological polar surface area (TPSA) is 138 Å². The summed E-state index contributed by atoms with van der Waals surface area (Å²) in [5.41, 5.74) is 12.0. The molecule has 0 atom stereocenters. The lowest BCUT2D eigenvalue weighted by molar-refractivity contribution is 0.180. The number of hydrogen-bond acceptors (Lipinski definition) is 8. The first-order valence-electron chi connectivity index (χ1n) is 9.54. The molecule has 3 aromatic heterocycles. The second-order valence-corrected chi connectivity index (χ2v) is 7.42. The van der Waals surface area contributed by atoms with E-state index in [9.17, 15) is 18.0 Å². The normalized spacial score (nSPS) is 11.1. The minimum absolute atomic E-state index is 0.0114. The predicted molar refractivity (Wildman–Crippen MR) is 118 cm³/mol. The molecular weight excluding hydrogens is 477 g/mol. The molecule has 4 N–H and O–H groups in total. The molecule has 34 heavy (non-hydrogen) atoms. The fraction of sp³-hybridized carbons (Fsp3) is 0.150. The summed E-state index contributed by atoms with van der Waals surface area (Å²) < 4.78 is 48.1. The molecule has 1 amide bonds. The first kappa shape index (κ1) is 23.0. The van der Waals surface area contributed by atoms with Gasteiger partial charge in [0.1, 0.15) is 22.2 Å². The van der Waals surface area contributed by atoms with Gasteiger partial charge in [-0.2, -0.15) is 19.7 Å². The molecule has 4 rings (SSSR count). The number of benzene rings is 1. The van der Waals surface area contributed by atoms with E-state index >= 15 is 0 Å². The Labute approximate surface area is 194 Å². The largest absolute Gasteiger partial charge is 0.452 e. The second kappa shape index (κ2) is 8.67. The first-order valence-corrected chi connectivity index (χ1v) is 9.91. The average molecular weight is 493 g/mol. The van der Waals surface area contributed by atoms with Crippen LogP contribution in [-0.4, -0.2) is 45.0 Å². The van der Waals surface area contributed by atoms with Crippen LogP contribution in [0.5, 0.6) is 0 Å². The van der Waals surface area contributed by atoms with Crippen LogP contribution >= 0.6 is 11.6 Å². The van der Waals surface area contributed by atoms with Crippen LogP contribution in [0.4, 0.5) is 35.3 Å². The van der Waals surface area contributed by atoms with E-state index in [1.807, 2.05) is 0 Å². The molecule has 0 saturated heterocycles. The van der Waals surface area contributed by atoms with Crippen molar-refractivity contribution in [2.75, 3.05) is 30.5 Å². The Bertz CT molecular complexity index is 1420. The molecule has 0 spiro atoms. The number of nitrogen functional groups attached to an aromatic ring is 2. The Morgan fingerprint density at radius 1 is 1.09 bits per heavy atom. The number of aromatic nitrogens is 5. The molecule has 0 aliphatic carbocycles. The lowest BCUT2D eigenvalue weighted by atomic mass is 10.1. The third kappa shape index (κ3) is 3.90. The third-order valence-electron chi connectivity index (χ3n) is 4.94. The molecule has 10 nitrogen and oxygen atoms in total. The molecule has 0 unspecified atom stereocenters. The number of fused-ring (bicyclic) bond motifs is 1. The number of nitrogens with zero attached hydrogens (tertiary/aromatic N) is 6. The Morgan fingerprint density at radius 2 is 1.74 bits per heavy atom. The highest BCUT2D eigenvalue weighted by atomic mass is 35.5. The summed E-state index contributed by atoms with van der Waals surface area (Å²) in [6.45, 7) is 0. The van der Waals surface area contributed by atoms with Crippen LogP contribution in [0.1, 0.15) is 11.3 Å². The lowest BCUT2D eigenvalue weighted by Crippen LogP contribution is -2.28. The van der Waals surface area contributed by atoms with Gasteiger partial charge in [0.15, 0.2) is 23.3 Å². The highest BCUT2D eigenvalue weighted by Gasteiger charge is 2.24. The minimum Gasteiger partial charge on any atom is -0.452 e. The summed E-state index contributed by atoms with van der Waals surface area (Å²) in [7, 11) is 2.55. The monoisotopic (exact) mass is 492 g/mol. The van der Waals surface area contributed by atoms with Crippen molar-refractivity contribution in [2.45, 2.75) is 6.42 Å². The molecule has 0 aliphatic heterocycles. The molecule has 0 saturated carbocycles. The minimum atomic E-state index is -1.34. The SMILES string of the molecule is COC(=O)N(C)c1c(N)nc(-n2nc(Cc3c(F)ccc(F)c3F)c3nc(Cl)ccc32)nc1N. The van der Waals surface area contributed by atoms with Crippen LogP contribution in [0.15, 0.2) is 24.3 Å². The zero-order valence-electron chi connectivity index (χ0n) is 17.7. The lowest BCUT2D eigenvalue weighted by Gasteiger charge is -2.18. The summed E-state index contributed by atoms with van der Waals surface area (Å²) in [5, 5.41) is 4.40. The standard InChI is InChI=1S/C20H16ClF3N8O2/c1-31(20(33)34-2)16-17(25)28-19(29-18(16)26)32-12-5-6-13(21)27-15(12)11(30-32)7-8-9(22)3-4-10(23)14(8)24/h3-6H,7H2,1-2H3,(H4,25,26,28,29). The number of anilines is 3. The maximum atomic E-state index is 14.3. The Hall–Kier alpha value is -4.13. The van der Waals surface area contributed by atoms with Gasteiger partial charge in [0, 0.05) is 19.0 Å². The van der Waals surface area contributed by atoms with Crippen molar-refractivity contribution < 1.29 is 22.7 Å². The molecule has 0 fully saturated rings. The van der Waals surface area contributed by atoms with Crippen molar-refractivity contribution in [1.29, 1.82) is 0 Å². The van der Waals surface area contributed by atoms with Gasteiger partial charge in [-0.15, -0.1) is 0 Å². The van der Waals surface area contributed by atoms with Crippen LogP contribution < -0.4 is 16.4 Å². The van der Waals surface area contributed by atoms with Gasteiger partial charge in [-0.05, 0) is 24.3 Å². The Balaban J connectivity index is 1.87. The maximum absolute atomic E-state index is 14.3. The first-order chi connectivity index (χ1) is 16.1. The van der Waals surface area contributed by atoms with Crippen molar-refractivity contribution >= 4 is 46.1 Å². The van der Waals surface area contributed by atoms with Gasteiger partial charge in [-0.25, -0.2) is 22.9 Å². The number of carbonyl (C=O) groups excluding carboxylic acids is 1. The zero-order chi connectivity index (χ0) is 24.7. The van der Waals surface area contributed by atoms with Crippen molar-refractivity contribution in [3.05, 3.63) is 58.1 Å². The van der Waals surface area contributed by atoms with Crippen molar-refractivity contribution in [1.82, 2.24) is 24.7 Å². The van der Waals surface area contributed by atoms with Gasteiger partial charge in [0.05, 0.1) is 18.3 Å². The Kier molecular flexibility index (Phi) is 5.87. The molecule has 176 valence electrons. The highest BCUT2D eigenvalue weighted by molar-refractivity contribution is 6.29. The number of methoxy groups -OCH3 is 1. The summed E-state index contributed by atoms with van der Waals surface area (Å²) in [5.74, 6) is -3.94. The van der Waals surface area contributed by atoms with Crippen molar-refractivity contribution in [2.24, 2.45) is 0 Å². The Morgan fingerprint density at radius 3 is 2.38 bits per heavy atom. The van der Waals surface area contributed by atoms with Crippen LogP contribution in [-0.2, 0) is 11.2 Å². The smallest absolute Gasteiger partial charge is 0.413 e. The van der Waals surface area contributed by atoms with Gasteiger partial charge in [-0.1, -0.05) is 11.6 Å². The summed E-state index contributed by atoms with van der Waals surface area (Å²) in [4.78, 5) is 25.4. The summed E-state index contributed by atoms with van der Waals surface area (Å²) in [6.07, 6.45) is -1.19. The average Bonchev–Trinajstić information content (AvgIpc) is 3.15. The maximum Gasteiger partial charge on any atom is 0.413 e. The second-order valence-electron chi connectivity index (χ2n) is 7.03. The fourth-order valence-corrected chi connectivity index (χ4v) is 3.49. The molecule has 1 aromatic carbocycles. The van der Waals surface area contributed by atoms with Crippen LogP contribution in [0.25, 0.3) is 17.0 Å². The number of hydrogen-bond donors (Lipinski definition) is 2. The molecule has 4 aromatic rings. The van der Waals surface area contributed by atoms with E-state index in [0.717, 1.165) is 11.0 Å². The van der Waals surface area contributed by atoms with Crippen LogP contribution in [0.3, 0.4) is 0 Å². The molecule has 14 heteroatoms. The van der Waals surface area contributed by atoms with Crippen LogP contribution in [0.2, 0.25) is 5.15 Å². The van der Waals surface area contributed by atoms with E-state index in [2.05, 4.69) is 24.8 Å². The third-order valence-corrected chi connectivity index (χ3v) is 5.16. The van der Waals surface area contributed by atoms with Gasteiger partial charge >= 0.3 is 6.09 Å². The molecule has 3 heterocycles. The fourth-order valence-electron chi connectivity index (χ4n) is 3.35. The molecule has 0 radical (unpaired) electrons. The number of nitrogens with two attached hydrogens (primary N) is 2. The van der Waals surface area contributed by atoms with Crippen molar-refractivity contribution in [3.8, 4) is 5.95 Å². The van der Waals surface area contributed by atoms with E-state index in [1.165, 1.54) is 31.0 Å². The van der Waals surface area contributed by atoms with Gasteiger partial charge in [0.25, 0.3) is 5.95 Å². The molecular formula is C20H16ClF3N8O2. The predicted octanol–water partition coefficient (Wildman–Crippen LogP) is 3.24. The number of rotatable bonds is 4. The number of ether oxygens (including phenoxy) is 1. The number of pyridine rings is 1. The summed E-state index contributed by atoms with van der Waals surface area (Å²) >= 11 is 6.01. The van der Waals surface area contributed by atoms with Gasteiger partial charge < -0.3 is 16.2 Å².